The van der Waals surface area contributed by atoms with Crippen LogP contribution < -0.4 is 5.49 Å². The van der Waals surface area contributed by atoms with Gasteiger partial charge >= 0.3 is 6.18 Å². The first-order valence-corrected chi connectivity index (χ1v) is 8.93. The average Bonchev–Trinajstić information content (AvgIpc) is 3.25. The van der Waals surface area contributed by atoms with Crippen molar-refractivity contribution < 1.29 is 27.1 Å². The van der Waals surface area contributed by atoms with Crippen LogP contribution in [0.4, 0.5) is 13.2 Å². The van der Waals surface area contributed by atoms with Crippen molar-refractivity contribution in [3.63, 3.8) is 0 Å². The SMILES string of the molecule is C=C(C(=O)N(C)C1CCOCC1)n1cc(C(F)(F)F)cc(-c2cnco2)c1=NC. The molecule has 0 aliphatic carbocycles. The van der Waals surface area contributed by atoms with E-state index in [1.165, 1.54) is 18.1 Å². The summed E-state index contributed by atoms with van der Waals surface area (Å²) in [4.78, 5) is 22.3. The second-order valence-electron chi connectivity index (χ2n) is 6.63. The molecule has 0 atom stereocenters. The molecule has 0 aromatic carbocycles. The first kappa shape index (κ1) is 20.8. The van der Waals surface area contributed by atoms with Gasteiger partial charge in [-0.1, -0.05) is 6.58 Å². The number of aromatic nitrogens is 2. The van der Waals surface area contributed by atoms with Gasteiger partial charge in [0.15, 0.2) is 12.2 Å². The van der Waals surface area contributed by atoms with Crippen molar-refractivity contribution in [2.24, 2.45) is 4.99 Å². The van der Waals surface area contributed by atoms with Gasteiger partial charge in [-0.2, -0.15) is 13.2 Å². The topological polar surface area (TPSA) is 72.9 Å². The first-order chi connectivity index (χ1) is 13.7. The maximum Gasteiger partial charge on any atom is 0.417 e. The molecule has 1 fully saturated rings. The van der Waals surface area contributed by atoms with E-state index in [4.69, 9.17) is 9.15 Å². The molecule has 10 heteroatoms. The number of oxazole rings is 1. The predicted molar refractivity (Wildman–Crippen MR) is 98.4 cm³/mol. The summed E-state index contributed by atoms with van der Waals surface area (Å²) < 4.78 is 52.1. The van der Waals surface area contributed by atoms with Crippen molar-refractivity contribution in [3.8, 4) is 11.3 Å². The molecule has 29 heavy (non-hydrogen) atoms. The van der Waals surface area contributed by atoms with E-state index < -0.39 is 17.6 Å². The van der Waals surface area contributed by atoms with Crippen LogP contribution in [0.25, 0.3) is 17.0 Å². The van der Waals surface area contributed by atoms with Crippen molar-refractivity contribution in [1.29, 1.82) is 0 Å². The van der Waals surface area contributed by atoms with Crippen LogP contribution in [0.3, 0.4) is 0 Å². The van der Waals surface area contributed by atoms with E-state index in [1.807, 2.05) is 0 Å². The Labute approximate surface area is 165 Å². The molecule has 1 amide bonds. The number of hydrogen-bond donors (Lipinski definition) is 0. The molecule has 2 aromatic rings. The number of hydrogen-bond acceptors (Lipinski definition) is 5. The number of rotatable bonds is 4. The van der Waals surface area contributed by atoms with Crippen LogP contribution in [0, 0.1) is 0 Å². The Kier molecular flexibility index (Phi) is 5.92. The summed E-state index contributed by atoms with van der Waals surface area (Å²) in [6, 6.07) is 0.842. The molecule has 1 aliphatic heterocycles. The van der Waals surface area contributed by atoms with Gasteiger partial charge in [-0.25, -0.2) is 4.98 Å². The molecule has 1 aliphatic rings. The van der Waals surface area contributed by atoms with E-state index in [0.717, 1.165) is 23.2 Å². The minimum Gasteiger partial charge on any atom is -0.443 e. The molecule has 7 nitrogen and oxygen atoms in total. The van der Waals surface area contributed by atoms with E-state index >= 15 is 0 Å². The van der Waals surface area contributed by atoms with Gasteiger partial charge < -0.3 is 14.1 Å². The number of alkyl halides is 3. The maximum absolute atomic E-state index is 13.5. The Morgan fingerprint density at radius 2 is 2.07 bits per heavy atom. The minimum absolute atomic E-state index is 0.0579. The third kappa shape index (κ3) is 4.26. The highest BCUT2D eigenvalue weighted by Crippen LogP contribution is 2.31. The summed E-state index contributed by atoms with van der Waals surface area (Å²) in [7, 11) is 3.02. The summed E-state index contributed by atoms with van der Waals surface area (Å²) in [6.45, 7) is 4.81. The Bertz CT molecular complexity index is 958. The Balaban J connectivity index is 2.08. The van der Waals surface area contributed by atoms with E-state index in [9.17, 15) is 18.0 Å². The smallest absolute Gasteiger partial charge is 0.417 e. The van der Waals surface area contributed by atoms with Crippen molar-refractivity contribution in [3.05, 3.63) is 42.5 Å². The molecule has 0 bridgehead atoms. The number of carbonyl (C=O) groups is 1. The van der Waals surface area contributed by atoms with Gasteiger partial charge in [0.2, 0.25) is 0 Å². The summed E-state index contributed by atoms with van der Waals surface area (Å²) in [6.07, 6.45) is -0.126. The van der Waals surface area contributed by atoms with Crippen LogP contribution in [0.15, 0.2) is 40.8 Å². The van der Waals surface area contributed by atoms with Gasteiger partial charge in [-0.05, 0) is 18.9 Å². The second-order valence-corrected chi connectivity index (χ2v) is 6.63. The fourth-order valence-corrected chi connectivity index (χ4v) is 3.25. The molecule has 3 rings (SSSR count). The van der Waals surface area contributed by atoms with Crippen molar-refractivity contribution in [1.82, 2.24) is 14.5 Å². The lowest BCUT2D eigenvalue weighted by atomic mass is 10.1. The number of carbonyl (C=O) groups excluding carboxylic acids is 1. The number of amides is 1. The monoisotopic (exact) mass is 410 g/mol. The van der Waals surface area contributed by atoms with Crippen molar-refractivity contribution in [2.45, 2.75) is 25.1 Å². The molecule has 0 saturated carbocycles. The van der Waals surface area contributed by atoms with Crippen LogP contribution in [0.1, 0.15) is 18.4 Å². The van der Waals surface area contributed by atoms with Crippen molar-refractivity contribution >= 4 is 11.6 Å². The highest BCUT2D eigenvalue weighted by atomic mass is 19.4. The Hall–Kier alpha value is -2.88. The van der Waals surface area contributed by atoms with Gasteiger partial charge in [0.05, 0.1) is 17.3 Å². The van der Waals surface area contributed by atoms with Crippen LogP contribution in [0.2, 0.25) is 0 Å². The first-order valence-electron chi connectivity index (χ1n) is 8.93. The lowest BCUT2D eigenvalue weighted by Gasteiger charge is -2.32. The maximum atomic E-state index is 13.5. The zero-order valence-electron chi connectivity index (χ0n) is 16.1. The fourth-order valence-electron chi connectivity index (χ4n) is 3.25. The third-order valence-corrected chi connectivity index (χ3v) is 4.87. The van der Waals surface area contributed by atoms with Gasteiger partial charge in [0.1, 0.15) is 11.2 Å². The number of nitrogens with zero attached hydrogens (tertiary/aromatic N) is 4. The van der Waals surface area contributed by atoms with Crippen LogP contribution in [0.5, 0.6) is 0 Å². The summed E-state index contributed by atoms with van der Waals surface area (Å²) >= 11 is 0. The number of halogens is 3. The molecule has 0 spiro atoms. The minimum atomic E-state index is -4.64. The lowest BCUT2D eigenvalue weighted by molar-refractivity contribution is -0.138. The van der Waals surface area contributed by atoms with Crippen LogP contribution in [-0.4, -0.2) is 53.7 Å². The highest BCUT2D eigenvalue weighted by molar-refractivity contribution is 6.12. The van der Waals surface area contributed by atoms with Crippen LogP contribution in [-0.2, 0) is 15.7 Å². The molecular weight excluding hydrogens is 389 g/mol. The van der Waals surface area contributed by atoms with Crippen molar-refractivity contribution in [2.75, 3.05) is 27.3 Å². The molecule has 0 N–H and O–H groups in total. The van der Waals surface area contributed by atoms with Gasteiger partial charge in [-0.3, -0.25) is 14.4 Å². The highest BCUT2D eigenvalue weighted by Gasteiger charge is 2.33. The van der Waals surface area contributed by atoms with E-state index in [2.05, 4.69) is 16.6 Å². The molecule has 2 aromatic heterocycles. The van der Waals surface area contributed by atoms with Gasteiger partial charge in [0, 0.05) is 39.5 Å². The molecule has 3 heterocycles. The Morgan fingerprint density at radius 1 is 1.38 bits per heavy atom. The molecule has 1 saturated heterocycles. The van der Waals surface area contributed by atoms with Gasteiger partial charge in [-0.15, -0.1) is 0 Å². The summed E-state index contributed by atoms with van der Waals surface area (Å²) in [5.41, 5.74) is -0.943. The second kappa shape index (κ2) is 8.24. The molecular formula is C19H21F3N4O3. The van der Waals surface area contributed by atoms with Gasteiger partial charge in [0.25, 0.3) is 5.91 Å². The molecule has 0 radical (unpaired) electrons. The standard InChI is InChI=1S/C19H21F3N4O3/c1-12(18(27)25(3)14-4-6-28-7-5-14)26-10-13(19(20,21)22)8-15(17(26)23-2)16-9-24-11-29-16/h8-11,14H,1,4-7H2,2-3H3. The normalized spacial score (nSPS) is 16.1. The fraction of sp³-hybridized carbons (Fsp3) is 0.421. The number of ether oxygens (including phenoxy) is 1. The lowest BCUT2D eigenvalue weighted by Crippen LogP contribution is -2.42. The van der Waals surface area contributed by atoms with Crippen LogP contribution >= 0.6 is 0 Å². The predicted octanol–water partition coefficient (Wildman–Crippen LogP) is 2.80. The van der Waals surface area contributed by atoms with E-state index in [-0.39, 0.29) is 28.6 Å². The quantitative estimate of drug-likeness (QED) is 0.727. The summed E-state index contributed by atoms with van der Waals surface area (Å²) in [5.74, 6) is -0.391. The van der Waals surface area contributed by atoms with E-state index in [1.54, 1.807) is 7.05 Å². The zero-order chi connectivity index (χ0) is 21.2. The zero-order valence-corrected chi connectivity index (χ0v) is 16.1. The molecule has 0 unspecified atom stereocenters. The molecule has 156 valence electrons. The third-order valence-electron chi connectivity index (χ3n) is 4.87. The number of pyridine rings is 1. The average molecular weight is 410 g/mol. The van der Waals surface area contributed by atoms with E-state index in [0.29, 0.717) is 26.1 Å². The Morgan fingerprint density at radius 3 is 2.62 bits per heavy atom. The number of likely N-dealkylation sites (N-methyl/N-ethyl adjacent to an activating group) is 1. The largest absolute Gasteiger partial charge is 0.443 e. The summed E-state index contributed by atoms with van der Waals surface area (Å²) in [5, 5.41) is 0.